The van der Waals surface area contributed by atoms with E-state index in [1.807, 2.05) is 60.7 Å². The van der Waals surface area contributed by atoms with Gasteiger partial charge in [-0.2, -0.15) is 0 Å². The molecule has 3 N–H and O–H groups in total. The van der Waals surface area contributed by atoms with Crippen molar-refractivity contribution >= 4 is 11.8 Å². The third kappa shape index (κ3) is 5.47. The van der Waals surface area contributed by atoms with Gasteiger partial charge in [0, 0.05) is 23.3 Å². The lowest BCUT2D eigenvalue weighted by Gasteiger charge is -2.15. The van der Waals surface area contributed by atoms with E-state index in [1.165, 1.54) is 11.8 Å². The van der Waals surface area contributed by atoms with Crippen molar-refractivity contribution < 1.29 is 19.7 Å². The van der Waals surface area contributed by atoms with Crippen molar-refractivity contribution in [1.82, 2.24) is 4.98 Å². The molecule has 1 heterocycles. The molecule has 0 saturated heterocycles. The number of hydrogen-bond acceptors (Lipinski definition) is 6. The fourth-order valence-corrected chi connectivity index (χ4v) is 4.18. The lowest BCUT2D eigenvalue weighted by molar-refractivity contribution is 0.0929. The molecule has 0 bridgehead atoms. The highest BCUT2D eigenvalue weighted by atomic mass is 32.2. The van der Waals surface area contributed by atoms with Gasteiger partial charge in [0.05, 0.1) is 18.8 Å². The molecule has 0 aliphatic heterocycles. The number of oxazole rings is 1. The van der Waals surface area contributed by atoms with Crippen LogP contribution in [0.25, 0.3) is 22.6 Å². The van der Waals surface area contributed by atoms with Gasteiger partial charge < -0.3 is 19.7 Å². The van der Waals surface area contributed by atoms with E-state index in [2.05, 4.69) is 4.98 Å². The Kier molecular flexibility index (Phi) is 7.39. The average Bonchev–Trinajstić information content (AvgIpc) is 3.28. The summed E-state index contributed by atoms with van der Waals surface area (Å²) in [6, 6.07) is 26.8. The van der Waals surface area contributed by atoms with Crippen LogP contribution < -0.4 is 0 Å². The second-order valence-corrected chi connectivity index (χ2v) is 8.48. The van der Waals surface area contributed by atoms with Crippen LogP contribution in [0.5, 0.6) is 0 Å². The predicted molar refractivity (Wildman–Crippen MR) is 126 cm³/mol. The van der Waals surface area contributed by atoms with Crippen LogP contribution in [-0.2, 0) is 6.61 Å². The number of aliphatic hydroxyl groups excluding tert-OH is 3. The minimum absolute atomic E-state index is 0.0400. The van der Waals surface area contributed by atoms with Crippen molar-refractivity contribution in [3.05, 3.63) is 96.1 Å². The van der Waals surface area contributed by atoms with E-state index >= 15 is 0 Å². The first-order valence-electron chi connectivity index (χ1n) is 10.4. The molecule has 0 spiro atoms. The SMILES string of the molecule is OCc1ccc([C@H](O)C[C@@H](O)CSc2nc(-c3ccccc3)c(-c3ccccc3)o2)cc1. The van der Waals surface area contributed by atoms with Gasteiger partial charge >= 0.3 is 0 Å². The molecule has 4 aromatic rings. The number of nitrogens with zero attached hydrogens (tertiary/aromatic N) is 1. The standard InChI is InChI=1S/C26H25NO4S/c28-16-18-11-13-19(14-12-18)23(30)15-22(29)17-32-26-27-24(20-7-3-1-4-8-20)25(31-26)21-9-5-2-6-10-21/h1-14,22-23,28-30H,15-17H2/t22-,23-/m1/s1. The van der Waals surface area contributed by atoms with E-state index in [1.54, 1.807) is 24.3 Å². The molecule has 6 heteroatoms. The van der Waals surface area contributed by atoms with Crippen molar-refractivity contribution in [3.63, 3.8) is 0 Å². The quantitative estimate of drug-likeness (QED) is 0.310. The molecule has 0 radical (unpaired) electrons. The number of aromatic nitrogens is 1. The minimum Gasteiger partial charge on any atom is -0.431 e. The van der Waals surface area contributed by atoms with Crippen molar-refractivity contribution in [3.8, 4) is 22.6 Å². The van der Waals surface area contributed by atoms with Crippen LogP contribution in [0.4, 0.5) is 0 Å². The summed E-state index contributed by atoms with van der Waals surface area (Å²) >= 11 is 1.32. The van der Waals surface area contributed by atoms with Gasteiger partial charge in [-0.05, 0) is 11.1 Å². The maximum Gasteiger partial charge on any atom is 0.256 e. The number of benzene rings is 3. The van der Waals surface area contributed by atoms with E-state index in [4.69, 9.17) is 9.52 Å². The van der Waals surface area contributed by atoms with Crippen LogP contribution in [0.2, 0.25) is 0 Å². The smallest absolute Gasteiger partial charge is 0.256 e. The summed E-state index contributed by atoms with van der Waals surface area (Å²) in [6.45, 7) is -0.0400. The molecule has 4 rings (SSSR count). The Labute approximate surface area is 191 Å². The van der Waals surface area contributed by atoms with E-state index in [9.17, 15) is 10.2 Å². The van der Waals surface area contributed by atoms with Gasteiger partial charge in [-0.1, -0.05) is 96.7 Å². The Morgan fingerprint density at radius 1 is 0.812 bits per heavy atom. The highest BCUT2D eigenvalue weighted by Gasteiger charge is 2.19. The molecule has 0 fully saturated rings. The highest BCUT2D eigenvalue weighted by molar-refractivity contribution is 7.99. The third-order valence-electron chi connectivity index (χ3n) is 5.13. The molecule has 0 aliphatic carbocycles. The van der Waals surface area contributed by atoms with Crippen LogP contribution in [0, 0.1) is 0 Å². The van der Waals surface area contributed by atoms with Crippen molar-refractivity contribution in [2.24, 2.45) is 0 Å². The molecule has 0 saturated carbocycles. The van der Waals surface area contributed by atoms with Crippen LogP contribution in [0.3, 0.4) is 0 Å². The Morgan fingerprint density at radius 2 is 1.44 bits per heavy atom. The first kappa shape index (κ1) is 22.3. The second-order valence-electron chi connectivity index (χ2n) is 7.51. The number of thioether (sulfide) groups is 1. The summed E-state index contributed by atoms with van der Waals surface area (Å²) in [4.78, 5) is 4.68. The monoisotopic (exact) mass is 447 g/mol. The summed E-state index contributed by atoms with van der Waals surface area (Å²) in [6.07, 6.45) is -1.33. The van der Waals surface area contributed by atoms with Crippen LogP contribution >= 0.6 is 11.8 Å². The first-order chi connectivity index (χ1) is 15.6. The fourth-order valence-electron chi connectivity index (χ4n) is 3.41. The number of hydrogen-bond donors (Lipinski definition) is 3. The van der Waals surface area contributed by atoms with Gasteiger partial charge in [0.2, 0.25) is 0 Å². The topological polar surface area (TPSA) is 86.7 Å². The molecule has 1 aromatic heterocycles. The lowest BCUT2D eigenvalue weighted by atomic mass is 10.0. The summed E-state index contributed by atoms with van der Waals surface area (Å²) in [7, 11) is 0. The lowest BCUT2D eigenvalue weighted by Crippen LogP contribution is -2.15. The molecular formula is C26H25NO4S. The van der Waals surface area contributed by atoms with Crippen LogP contribution in [-0.4, -0.2) is 32.2 Å². The van der Waals surface area contributed by atoms with Gasteiger partial charge in [0.25, 0.3) is 5.22 Å². The van der Waals surface area contributed by atoms with Gasteiger partial charge in [0.15, 0.2) is 5.76 Å². The zero-order valence-corrected chi connectivity index (χ0v) is 18.3. The van der Waals surface area contributed by atoms with Crippen molar-refractivity contribution in [2.45, 2.75) is 30.5 Å². The van der Waals surface area contributed by atoms with Gasteiger partial charge in [-0.15, -0.1) is 0 Å². The molecule has 0 aliphatic rings. The van der Waals surface area contributed by atoms with Gasteiger partial charge in [-0.3, -0.25) is 0 Å². The van der Waals surface area contributed by atoms with Crippen molar-refractivity contribution in [1.29, 1.82) is 0 Å². The Morgan fingerprint density at radius 3 is 2.06 bits per heavy atom. The predicted octanol–water partition coefficient (Wildman–Crippen LogP) is 5.08. The number of rotatable bonds is 9. The molecule has 3 aromatic carbocycles. The highest BCUT2D eigenvalue weighted by Crippen LogP contribution is 2.36. The zero-order chi connectivity index (χ0) is 22.3. The molecule has 32 heavy (non-hydrogen) atoms. The Bertz CT molecular complexity index is 1060. The van der Waals surface area contributed by atoms with Crippen LogP contribution in [0.15, 0.2) is 94.6 Å². The molecular weight excluding hydrogens is 422 g/mol. The molecule has 164 valence electrons. The maximum absolute atomic E-state index is 10.5. The van der Waals surface area contributed by atoms with E-state index in [0.717, 1.165) is 22.4 Å². The van der Waals surface area contributed by atoms with Crippen LogP contribution in [0.1, 0.15) is 23.7 Å². The number of aliphatic hydroxyl groups is 3. The maximum atomic E-state index is 10.5. The largest absolute Gasteiger partial charge is 0.431 e. The zero-order valence-electron chi connectivity index (χ0n) is 17.5. The molecule has 0 unspecified atom stereocenters. The normalized spacial score (nSPS) is 13.1. The Hall–Kier alpha value is -2.90. The average molecular weight is 448 g/mol. The summed E-state index contributed by atoms with van der Waals surface area (Å²) in [5, 5.41) is 30.5. The minimum atomic E-state index is -0.789. The second kappa shape index (κ2) is 10.6. The molecule has 5 nitrogen and oxygen atoms in total. The van der Waals surface area contributed by atoms with Gasteiger partial charge in [-0.25, -0.2) is 4.98 Å². The summed E-state index contributed by atoms with van der Waals surface area (Å²) < 4.78 is 6.08. The molecule has 0 amide bonds. The third-order valence-corrected chi connectivity index (χ3v) is 6.11. The van der Waals surface area contributed by atoms with E-state index < -0.39 is 12.2 Å². The van der Waals surface area contributed by atoms with Crippen molar-refractivity contribution in [2.75, 3.05) is 5.75 Å². The summed E-state index contributed by atoms with van der Waals surface area (Å²) in [5.41, 5.74) is 4.15. The Balaban J connectivity index is 1.45. The van der Waals surface area contributed by atoms with E-state index in [-0.39, 0.29) is 13.0 Å². The first-order valence-corrected chi connectivity index (χ1v) is 11.4. The summed E-state index contributed by atoms with van der Waals surface area (Å²) in [5.74, 6) is 1.03. The van der Waals surface area contributed by atoms with Gasteiger partial charge in [0.1, 0.15) is 5.69 Å². The fraction of sp³-hybridized carbons (Fsp3) is 0.192. The molecule has 2 atom stereocenters. The van der Waals surface area contributed by atoms with E-state index in [0.29, 0.717) is 22.3 Å².